The van der Waals surface area contributed by atoms with Crippen LogP contribution in [0.4, 0.5) is 19.0 Å². The van der Waals surface area contributed by atoms with E-state index in [1.54, 1.807) is 0 Å². The molecule has 0 aliphatic rings. The molecule has 7 heteroatoms. The second kappa shape index (κ2) is 4.60. The molecule has 0 saturated heterocycles. The van der Waals surface area contributed by atoms with Crippen molar-refractivity contribution in [1.82, 2.24) is 4.98 Å². The van der Waals surface area contributed by atoms with Gasteiger partial charge in [-0.05, 0) is 19.1 Å². The lowest BCUT2D eigenvalue weighted by atomic mass is 10.2. The van der Waals surface area contributed by atoms with E-state index in [0.29, 0.717) is 0 Å². The summed E-state index contributed by atoms with van der Waals surface area (Å²) in [6, 6.07) is 0.935. The zero-order valence-electron chi connectivity index (χ0n) is 9.19. The Labute approximate surface area is 95.7 Å². The van der Waals surface area contributed by atoms with E-state index in [-0.39, 0.29) is 0 Å². The Hall–Kier alpha value is -1.79. The van der Waals surface area contributed by atoms with Crippen LogP contribution in [-0.4, -0.2) is 29.1 Å². The highest BCUT2D eigenvalue weighted by Crippen LogP contribution is 2.35. The number of carboxylic acids is 1. The molecule has 0 amide bonds. The summed E-state index contributed by atoms with van der Waals surface area (Å²) in [6.45, 7) is 1.29. The molecule has 4 nitrogen and oxygen atoms in total. The van der Waals surface area contributed by atoms with Gasteiger partial charge in [-0.3, -0.25) is 0 Å². The lowest BCUT2D eigenvalue weighted by Gasteiger charge is -2.25. The molecule has 0 radical (unpaired) electrons. The molecule has 0 aliphatic carbocycles. The van der Waals surface area contributed by atoms with E-state index < -0.39 is 29.6 Å². The summed E-state index contributed by atoms with van der Waals surface area (Å²) in [4.78, 5) is 15.3. The van der Waals surface area contributed by atoms with Crippen LogP contribution < -0.4 is 4.90 Å². The number of likely N-dealkylation sites (N-methyl/N-ethyl adjacent to an activating group) is 1. The van der Waals surface area contributed by atoms with Crippen molar-refractivity contribution in [3.05, 3.63) is 23.9 Å². The van der Waals surface area contributed by atoms with Gasteiger partial charge >= 0.3 is 12.1 Å². The molecule has 0 saturated carbocycles. The van der Waals surface area contributed by atoms with Crippen LogP contribution in [0.1, 0.15) is 12.5 Å². The van der Waals surface area contributed by atoms with Crippen LogP contribution in [-0.2, 0) is 11.0 Å². The van der Waals surface area contributed by atoms with Gasteiger partial charge in [0.05, 0.1) is 5.56 Å². The van der Waals surface area contributed by atoms with Crippen LogP contribution in [0, 0.1) is 0 Å². The Balaban J connectivity index is 3.18. The molecule has 1 aromatic rings. The van der Waals surface area contributed by atoms with Crippen molar-refractivity contribution in [2.75, 3.05) is 11.9 Å². The van der Waals surface area contributed by atoms with Crippen molar-refractivity contribution in [2.45, 2.75) is 19.1 Å². The number of carboxylic acid groups (broad SMARTS) is 1. The third kappa shape index (κ3) is 2.86. The Bertz CT molecular complexity index is 420. The number of alkyl halides is 3. The fourth-order valence-corrected chi connectivity index (χ4v) is 1.25. The zero-order valence-corrected chi connectivity index (χ0v) is 9.19. The first kappa shape index (κ1) is 13.3. The smallest absolute Gasteiger partial charge is 0.419 e. The summed E-state index contributed by atoms with van der Waals surface area (Å²) in [7, 11) is 1.26. The van der Waals surface area contributed by atoms with Crippen LogP contribution in [0.5, 0.6) is 0 Å². The van der Waals surface area contributed by atoms with Gasteiger partial charge in [0.15, 0.2) is 0 Å². The lowest BCUT2D eigenvalue weighted by molar-refractivity contribution is -0.140. The lowest BCUT2D eigenvalue weighted by Crippen LogP contribution is -2.37. The number of halogens is 3. The maximum absolute atomic E-state index is 12.7. The van der Waals surface area contributed by atoms with Gasteiger partial charge in [-0.1, -0.05) is 0 Å². The molecule has 1 rings (SSSR count). The van der Waals surface area contributed by atoms with E-state index in [9.17, 15) is 18.0 Å². The second-order valence-electron chi connectivity index (χ2n) is 3.50. The number of carbonyl (C=O) groups is 1. The molecule has 1 atom stereocenters. The quantitative estimate of drug-likeness (QED) is 0.889. The Morgan fingerprint density at radius 3 is 2.59 bits per heavy atom. The summed E-state index contributed by atoms with van der Waals surface area (Å²) >= 11 is 0. The maximum Gasteiger partial charge on any atom is 0.419 e. The van der Waals surface area contributed by atoms with Gasteiger partial charge < -0.3 is 10.0 Å². The topological polar surface area (TPSA) is 53.4 Å². The number of nitrogens with zero attached hydrogens (tertiary/aromatic N) is 2. The Kier molecular flexibility index (Phi) is 3.59. The van der Waals surface area contributed by atoms with Crippen molar-refractivity contribution in [3.8, 4) is 0 Å². The van der Waals surface area contributed by atoms with Crippen LogP contribution in [0.2, 0.25) is 0 Å². The van der Waals surface area contributed by atoms with E-state index in [0.717, 1.165) is 17.0 Å². The summed E-state index contributed by atoms with van der Waals surface area (Å²) in [5.74, 6) is -1.61. The fourth-order valence-electron chi connectivity index (χ4n) is 1.25. The third-order valence-corrected chi connectivity index (χ3v) is 2.36. The number of hydrogen-bond donors (Lipinski definition) is 1. The predicted octanol–water partition coefficient (Wildman–Crippen LogP) is 2.01. The van der Waals surface area contributed by atoms with Crippen LogP contribution in [0.15, 0.2) is 18.3 Å². The molecule has 0 aromatic carbocycles. The average molecular weight is 248 g/mol. The van der Waals surface area contributed by atoms with Crippen LogP contribution in [0.25, 0.3) is 0 Å². The number of aliphatic carboxylic acids is 1. The van der Waals surface area contributed by atoms with E-state index >= 15 is 0 Å². The summed E-state index contributed by atoms with van der Waals surface area (Å²) in [5, 5.41) is 8.76. The molecule has 1 heterocycles. The number of aromatic nitrogens is 1. The first-order chi connectivity index (χ1) is 7.75. The summed E-state index contributed by atoms with van der Waals surface area (Å²) in [6.07, 6.45) is -3.37. The van der Waals surface area contributed by atoms with Crippen molar-refractivity contribution >= 4 is 11.8 Å². The first-order valence-corrected chi connectivity index (χ1v) is 4.73. The fraction of sp³-hybridized carbons (Fsp3) is 0.400. The Morgan fingerprint density at radius 2 is 2.12 bits per heavy atom. The van der Waals surface area contributed by atoms with E-state index in [2.05, 4.69) is 4.98 Å². The molecule has 0 spiro atoms. The molecule has 17 heavy (non-hydrogen) atoms. The highest BCUT2D eigenvalue weighted by molar-refractivity contribution is 5.77. The molecule has 1 aromatic heterocycles. The minimum Gasteiger partial charge on any atom is -0.480 e. The number of pyridine rings is 1. The van der Waals surface area contributed by atoms with Gasteiger partial charge in [0, 0.05) is 13.2 Å². The largest absolute Gasteiger partial charge is 0.480 e. The monoisotopic (exact) mass is 248 g/mol. The summed E-state index contributed by atoms with van der Waals surface area (Å²) < 4.78 is 38.0. The molecule has 0 bridgehead atoms. The van der Waals surface area contributed by atoms with Gasteiger partial charge in [0.2, 0.25) is 0 Å². The van der Waals surface area contributed by atoms with Crippen molar-refractivity contribution in [2.24, 2.45) is 0 Å². The minimum atomic E-state index is -4.56. The van der Waals surface area contributed by atoms with Gasteiger partial charge in [0.1, 0.15) is 11.9 Å². The molecular weight excluding hydrogens is 237 g/mol. The molecule has 1 N–H and O–H groups in total. The molecule has 0 aliphatic heterocycles. The van der Waals surface area contributed by atoms with Gasteiger partial charge in [-0.2, -0.15) is 13.2 Å². The Morgan fingerprint density at radius 1 is 1.53 bits per heavy atom. The van der Waals surface area contributed by atoms with Crippen LogP contribution in [0.3, 0.4) is 0 Å². The second-order valence-corrected chi connectivity index (χ2v) is 3.50. The number of rotatable bonds is 3. The van der Waals surface area contributed by atoms with E-state index in [4.69, 9.17) is 5.11 Å². The molecule has 1 unspecified atom stereocenters. The summed E-state index contributed by atoms with van der Waals surface area (Å²) in [5.41, 5.74) is -0.949. The number of anilines is 1. The SMILES string of the molecule is CC(C(=O)O)N(C)c1ncccc1C(F)(F)F. The van der Waals surface area contributed by atoms with Crippen molar-refractivity contribution in [1.29, 1.82) is 0 Å². The van der Waals surface area contributed by atoms with E-state index in [1.165, 1.54) is 20.2 Å². The highest BCUT2D eigenvalue weighted by Gasteiger charge is 2.36. The predicted molar refractivity (Wildman–Crippen MR) is 54.7 cm³/mol. The minimum absolute atomic E-state index is 0.394. The van der Waals surface area contributed by atoms with Crippen molar-refractivity contribution in [3.63, 3.8) is 0 Å². The van der Waals surface area contributed by atoms with Crippen LogP contribution >= 0.6 is 0 Å². The maximum atomic E-state index is 12.7. The zero-order chi connectivity index (χ0) is 13.2. The number of hydrogen-bond acceptors (Lipinski definition) is 3. The molecule has 94 valence electrons. The standard InChI is InChI=1S/C10H11F3N2O2/c1-6(9(16)17)15(2)8-7(10(11,12)13)4-3-5-14-8/h3-6H,1-2H3,(H,16,17). The van der Waals surface area contributed by atoms with Gasteiger partial charge in [-0.15, -0.1) is 0 Å². The normalized spacial score (nSPS) is 13.2. The molecule has 0 fully saturated rings. The first-order valence-electron chi connectivity index (χ1n) is 4.73. The van der Waals surface area contributed by atoms with Crippen molar-refractivity contribution < 1.29 is 23.1 Å². The third-order valence-electron chi connectivity index (χ3n) is 2.36. The van der Waals surface area contributed by atoms with Gasteiger partial charge in [0.25, 0.3) is 0 Å². The highest BCUT2D eigenvalue weighted by atomic mass is 19.4. The average Bonchev–Trinajstić information content (AvgIpc) is 2.25. The van der Waals surface area contributed by atoms with E-state index in [1.807, 2.05) is 0 Å². The molecular formula is C10H11F3N2O2. The van der Waals surface area contributed by atoms with Gasteiger partial charge in [-0.25, -0.2) is 9.78 Å².